The van der Waals surface area contributed by atoms with E-state index in [4.69, 9.17) is 5.14 Å². The van der Waals surface area contributed by atoms with E-state index in [9.17, 15) is 8.42 Å². The number of hydrogen-bond donors (Lipinski definition) is 2. The number of pyridine rings is 1. The summed E-state index contributed by atoms with van der Waals surface area (Å²) in [5.41, 5.74) is 1.27. The first-order valence-electron chi connectivity index (χ1n) is 6.00. The summed E-state index contributed by atoms with van der Waals surface area (Å²) in [6.45, 7) is 0. The monoisotopic (exact) mass is 301 g/mol. The zero-order valence-electron chi connectivity index (χ0n) is 10.8. The van der Waals surface area contributed by atoms with Crippen molar-refractivity contribution in [3.05, 3.63) is 48.9 Å². The lowest BCUT2D eigenvalue weighted by molar-refractivity contribution is 0.598. The van der Waals surface area contributed by atoms with E-state index in [2.05, 4.69) is 20.3 Å². The van der Waals surface area contributed by atoms with Gasteiger partial charge in [0.05, 0.1) is 10.3 Å². The van der Waals surface area contributed by atoms with Crippen molar-refractivity contribution < 1.29 is 8.42 Å². The number of primary sulfonamides is 1. The van der Waals surface area contributed by atoms with Crippen LogP contribution in [0.5, 0.6) is 0 Å². The average Bonchev–Trinajstić information content (AvgIpc) is 2.47. The molecule has 0 aliphatic heterocycles. The summed E-state index contributed by atoms with van der Waals surface area (Å²) >= 11 is 0. The van der Waals surface area contributed by atoms with Crippen molar-refractivity contribution in [1.82, 2.24) is 15.0 Å². The zero-order chi connectivity index (χ0) is 14.9. The minimum atomic E-state index is -3.69. The maximum absolute atomic E-state index is 11.2. The normalized spacial score (nSPS) is 11.5. The van der Waals surface area contributed by atoms with Gasteiger partial charge in [0.15, 0.2) is 5.65 Å². The van der Waals surface area contributed by atoms with E-state index in [1.165, 1.54) is 18.5 Å². The predicted molar refractivity (Wildman–Crippen MR) is 78.4 cm³/mol. The van der Waals surface area contributed by atoms with E-state index in [1.54, 1.807) is 24.4 Å². The van der Waals surface area contributed by atoms with Gasteiger partial charge in [0.25, 0.3) is 0 Å². The zero-order valence-corrected chi connectivity index (χ0v) is 11.6. The molecule has 2 heterocycles. The largest absolute Gasteiger partial charge is 0.340 e. The van der Waals surface area contributed by atoms with Gasteiger partial charge in [0.1, 0.15) is 12.1 Å². The lowest BCUT2D eigenvalue weighted by Crippen LogP contribution is -2.11. The van der Waals surface area contributed by atoms with Crippen molar-refractivity contribution in [3.63, 3.8) is 0 Å². The molecule has 8 heteroatoms. The number of nitrogens with two attached hydrogens (primary N) is 1. The number of aromatic nitrogens is 3. The van der Waals surface area contributed by atoms with Crippen LogP contribution in [-0.2, 0) is 10.0 Å². The first-order chi connectivity index (χ1) is 10.0. The summed E-state index contributed by atoms with van der Waals surface area (Å²) in [4.78, 5) is 12.4. The minimum absolute atomic E-state index is 0.0577. The Bertz CT molecular complexity index is 889. The lowest BCUT2D eigenvalue weighted by atomic mass is 10.3. The molecule has 3 N–H and O–H groups in total. The lowest BCUT2D eigenvalue weighted by Gasteiger charge is -2.08. The van der Waals surface area contributed by atoms with Gasteiger partial charge in [-0.3, -0.25) is 0 Å². The van der Waals surface area contributed by atoms with Crippen molar-refractivity contribution in [2.24, 2.45) is 5.14 Å². The van der Waals surface area contributed by atoms with E-state index >= 15 is 0 Å². The Labute approximate surface area is 120 Å². The third-order valence-corrected chi connectivity index (χ3v) is 3.78. The van der Waals surface area contributed by atoms with Gasteiger partial charge in [-0.05, 0) is 36.4 Å². The van der Waals surface area contributed by atoms with E-state index in [1.807, 2.05) is 6.07 Å². The van der Waals surface area contributed by atoms with Gasteiger partial charge in [-0.15, -0.1) is 0 Å². The van der Waals surface area contributed by atoms with Crippen LogP contribution in [0.15, 0.2) is 53.8 Å². The van der Waals surface area contributed by atoms with Gasteiger partial charge < -0.3 is 5.32 Å². The Morgan fingerprint density at radius 1 is 1.00 bits per heavy atom. The second kappa shape index (κ2) is 5.08. The van der Waals surface area contributed by atoms with Crippen molar-refractivity contribution in [3.8, 4) is 0 Å². The highest BCUT2D eigenvalue weighted by molar-refractivity contribution is 7.89. The Morgan fingerprint density at radius 2 is 1.76 bits per heavy atom. The molecule has 0 unspecified atom stereocenters. The van der Waals surface area contributed by atoms with E-state index < -0.39 is 10.0 Å². The van der Waals surface area contributed by atoms with Crippen LogP contribution in [0, 0.1) is 0 Å². The van der Waals surface area contributed by atoms with Crippen LogP contribution in [0.3, 0.4) is 0 Å². The highest BCUT2D eigenvalue weighted by atomic mass is 32.2. The van der Waals surface area contributed by atoms with Gasteiger partial charge in [-0.25, -0.2) is 28.5 Å². The van der Waals surface area contributed by atoms with E-state index in [0.717, 1.165) is 5.39 Å². The number of nitrogens with zero attached hydrogens (tertiary/aromatic N) is 3. The standard InChI is InChI=1S/C13H11N5O2S/c14-21(19,20)10-5-3-9(4-6-10)18-13-11-2-1-7-15-12(11)16-8-17-13/h1-8H,(H2,14,19,20)(H,15,16,17,18). The highest BCUT2D eigenvalue weighted by Gasteiger charge is 2.08. The van der Waals surface area contributed by atoms with Gasteiger partial charge in [-0.1, -0.05) is 0 Å². The fourth-order valence-electron chi connectivity index (χ4n) is 1.86. The molecule has 0 spiro atoms. The highest BCUT2D eigenvalue weighted by Crippen LogP contribution is 2.22. The number of benzene rings is 1. The Kier molecular flexibility index (Phi) is 3.24. The minimum Gasteiger partial charge on any atom is -0.340 e. The molecular formula is C13H11N5O2S. The van der Waals surface area contributed by atoms with Crippen molar-refractivity contribution in [2.45, 2.75) is 4.90 Å². The van der Waals surface area contributed by atoms with Crippen LogP contribution >= 0.6 is 0 Å². The topological polar surface area (TPSA) is 111 Å². The molecule has 2 aromatic heterocycles. The molecular weight excluding hydrogens is 290 g/mol. The average molecular weight is 301 g/mol. The van der Waals surface area contributed by atoms with Crippen LogP contribution in [0.2, 0.25) is 0 Å². The van der Waals surface area contributed by atoms with Crippen molar-refractivity contribution in [2.75, 3.05) is 5.32 Å². The number of anilines is 2. The second-order valence-electron chi connectivity index (χ2n) is 4.29. The van der Waals surface area contributed by atoms with E-state index in [0.29, 0.717) is 17.2 Å². The molecule has 1 aromatic carbocycles. The van der Waals surface area contributed by atoms with Crippen LogP contribution < -0.4 is 10.5 Å². The summed E-state index contributed by atoms with van der Waals surface area (Å²) in [6, 6.07) is 9.73. The maximum Gasteiger partial charge on any atom is 0.238 e. The number of nitrogens with one attached hydrogen (secondary N) is 1. The van der Waals surface area contributed by atoms with Gasteiger partial charge in [0.2, 0.25) is 10.0 Å². The summed E-state index contributed by atoms with van der Waals surface area (Å²) in [6.07, 6.45) is 3.07. The van der Waals surface area contributed by atoms with Crippen LogP contribution in [-0.4, -0.2) is 23.4 Å². The molecule has 21 heavy (non-hydrogen) atoms. The van der Waals surface area contributed by atoms with Crippen LogP contribution in [0.1, 0.15) is 0 Å². The fourth-order valence-corrected chi connectivity index (χ4v) is 2.38. The summed E-state index contributed by atoms with van der Waals surface area (Å²) < 4.78 is 22.4. The summed E-state index contributed by atoms with van der Waals surface area (Å²) in [5.74, 6) is 0.594. The van der Waals surface area contributed by atoms with Gasteiger partial charge >= 0.3 is 0 Å². The Morgan fingerprint density at radius 3 is 2.48 bits per heavy atom. The Hall–Kier alpha value is -2.58. The van der Waals surface area contributed by atoms with Crippen molar-refractivity contribution in [1.29, 1.82) is 0 Å². The Balaban J connectivity index is 1.96. The summed E-state index contributed by atoms with van der Waals surface area (Å²) in [7, 11) is -3.69. The number of rotatable bonds is 3. The molecule has 0 saturated heterocycles. The maximum atomic E-state index is 11.2. The molecule has 0 aliphatic carbocycles. The molecule has 3 aromatic rings. The molecule has 0 atom stereocenters. The number of fused-ring (bicyclic) bond motifs is 1. The fraction of sp³-hybridized carbons (Fsp3) is 0. The van der Waals surface area contributed by atoms with Gasteiger partial charge in [-0.2, -0.15) is 0 Å². The molecule has 0 radical (unpaired) electrons. The molecule has 7 nitrogen and oxygen atoms in total. The third kappa shape index (κ3) is 2.81. The van der Waals surface area contributed by atoms with E-state index in [-0.39, 0.29) is 4.90 Å². The molecule has 3 rings (SSSR count). The molecule has 0 aliphatic rings. The number of hydrogen-bond acceptors (Lipinski definition) is 6. The molecule has 0 bridgehead atoms. The molecule has 0 fully saturated rings. The number of sulfonamides is 1. The van der Waals surface area contributed by atoms with Crippen molar-refractivity contribution >= 4 is 32.6 Å². The molecule has 0 amide bonds. The van der Waals surface area contributed by atoms with Gasteiger partial charge in [0, 0.05) is 11.9 Å². The first kappa shape index (κ1) is 13.4. The first-order valence-corrected chi connectivity index (χ1v) is 7.54. The predicted octanol–water partition coefficient (Wildman–Crippen LogP) is 1.42. The molecule has 0 saturated carbocycles. The second-order valence-corrected chi connectivity index (χ2v) is 5.85. The quantitative estimate of drug-likeness (QED) is 0.756. The smallest absolute Gasteiger partial charge is 0.238 e. The third-order valence-electron chi connectivity index (χ3n) is 2.85. The van der Waals surface area contributed by atoms with Crippen LogP contribution in [0.25, 0.3) is 11.0 Å². The van der Waals surface area contributed by atoms with Crippen LogP contribution in [0.4, 0.5) is 11.5 Å². The molecule has 106 valence electrons. The SMILES string of the molecule is NS(=O)(=O)c1ccc(Nc2ncnc3ncccc23)cc1. The summed E-state index contributed by atoms with van der Waals surface area (Å²) in [5, 5.41) is 8.93.